The second-order valence-corrected chi connectivity index (χ2v) is 7.16. The molecule has 0 saturated heterocycles. The molecule has 0 spiro atoms. The number of hydrogen-bond donors (Lipinski definition) is 1. The van der Waals surface area contributed by atoms with Crippen LogP contribution in [-0.4, -0.2) is 31.3 Å². The van der Waals surface area contributed by atoms with Crippen LogP contribution in [0.25, 0.3) is 11.4 Å². The van der Waals surface area contributed by atoms with Crippen LogP contribution in [0.3, 0.4) is 0 Å². The number of anilines is 1. The van der Waals surface area contributed by atoms with Crippen molar-refractivity contribution in [1.82, 2.24) is 24.7 Å². The summed E-state index contributed by atoms with van der Waals surface area (Å²) in [5.74, 6) is 4.79. The fourth-order valence-corrected chi connectivity index (χ4v) is 3.44. The molecule has 1 aromatic carbocycles. The summed E-state index contributed by atoms with van der Waals surface area (Å²) in [7, 11) is 0. The van der Waals surface area contributed by atoms with Gasteiger partial charge in [-0.3, -0.25) is 0 Å². The van der Waals surface area contributed by atoms with E-state index in [9.17, 15) is 0 Å². The Morgan fingerprint density at radius 1 is 1.15 bits per heavy atom. The number of hydrogen-bond acceptors (Lipinski definition) is 5. The van der Waals surface area contributed by atoms with Crippen LogP contribution >= 0.6 is 0 Å². The highest BCUT2D eigenvalue weighted by Crippen LogP contribution is 2.24. The van der Waals surface area contributed by atoms with E-state index >= 15 is 0 Å². The zero-order valence-electron chi connectivity index (χ0n) is 15.3. The average molecular weight is 348 g/mol. The maximum absolute atomic E-state index is 4.65. The van der Waals surface area contributed by atoms with Gasteiger partial charge in [0.25, 0.3) is 0 Å². The standard InChI is InChI=1S/C20H24N6/c1-14(2)20-25-24-18-9-8-15(13-26(18)20)12-22-17-10-11-21-19(23-17)16-6-4-3-5-7-16/h3-7,10-11,14-15H,8-9,12-13H2,1-2H3,(H,21,22,23). The van der Waals surface area contributed by atoms with Crippen molar-refractivity contribution >= 4 is 5.82 Å². The molecule has 4 rings (SSSR count). The number of rotatable bonds is 5. The lowest BCUT2D eigenvalue weighted by Crippen LogP contribution is -2.27. The van der Waals surface area contributed by atoms with E-state index in [1.54, 1.807) is 0 Å². The first kappa shape index (κ1) is 16.7. The number of nitrogens with one attached hydrogen (secondary N) is 1. The molecule has 0 amide bonds. The number of fused-ring (bicyclic) bond motifs is 1. The fourth-order valence-electron chi connectivity index (χ4n) is 3.44. The Balaban J connectivity index is 1.43. The largest absolute Gasteiger partial charge is 0.370 e. The van der Waals surface area contributed by atoms with Gasteiger partial charge in [-0.15, -0.1) is 10.2 Å². The SMILES string of the molecule is CC(C)c1nnc2n1CC(CNc1ccnc(-c3ccccc3)n1)CC2. The van der Waals surface area contributed by atoms with Gasteiger partial charge < -0.3 is 9.88 Å². The third-order valence-electron chi connectivity index (χ3n) is 4.85. The summed E-state index contributed by atoms with van der Waals surface area (Å²) in [5.41, 5.74) is 1.03. The van der Waals surface area contributed by atoms with Crippen LogP contribution < -0.4 is 5.32 Å². The molecule has 0 fully saturated rings. The van der Waals surface area contributed by atoms with Crippen LogP contribution in [-0.2, 0) is 13.0 Å². The Labute approximate surface area is 153 Å². The van der Waals surface area contributed by atoms with E-state index < -0.39 is 0 Å². The van der Waals surface area contributed by atoms with E-state index in [2.05, 4.69) is 43.9 Å². The molecule has 0 bridgehead atoms. The summed E-state index contributed by atoms with van der Waals surface area (Å²) in [6, 6.07) is 12.0. The molecule has 0 radical (unpaired) electrons. The number of aromatic nitrogens is 5. The monoisotopic (exact) mass is 348 g/mol. The van der Waals surface area contributed by atoms with Gasteiger partial charge in [0.15, 0.2) is 5.82 Å². The Bertz CT molecular complexity index is 871. The van der Waals surface area contributed by atoms with Crippen LogP contribution in [0.2, 0.25) is 0 Å². The second-order valence-electron chi connectivity index (χ2n) is 7.16. The lowest BCUT2D eigenvalue weighted by Gasteiger charge is -2.25. The average Bonchev–Trinajstić information content (AvgIpc) is 3.11. The topological polar surface area (TPSA) is 68.5 Å². The molecule has 134 valence electrons. The lowest BCUT2D eigenvalue weighted by molar-refractivity contribution is 0.371. The van der Waals surface area contributed by atoms with E-state index in [1.165, 1.54) is 0 Å². The van der Waals surface area contributed by atoms with Crippen molar-refractivity contribution in [3.8, 4) is 11.4 Å². The number of nitrogens with zero attached hydrogens (tertiary/aromatic N) is 5. The smallest absolute Gasteiger partial charge is 0.161 e. The van der Waals surface area contributed by atoms with E-state index in [0.717, 1.165) is 54.8 Å². The summed E-state index contributed by atoms with van der Waals surface area (Å²) >= 11 is 0. The molecular weight excluding hydrogens is 324 g/mol. The second kappa shape index (κ2) is 7.23. The predicted octanol–water partition coefficient (Wildman–Crippen LogP) is 3.53. The zero-order valence-corrected chi connectivity index (χ0v) is 15.3. The van der Waals surface area contributed by atoms with E-state index in [1.807, 2.05) is 42.6 Å². The molecule has 1 atom stereocenters. The molecule has 1 aliphatic heterocycles. The Morgan fingerprint density at radius 3 is 2.81 bits per heavy atom. The van der Waals surface area contributed by atoms with E-state index in [0.29, 0.717) is 11.8 Å². The van der Waals surface area contributed by atoms with Gasteiger partial charge in [0, 0.05) is 37.2 Å². The predicted molar refractivity (Wildman–Crippen MR) is 102 cm³/mol. The van der Waals surface area contributed by atoms with Crippen molar-refractivity contribution < 1.29 is 0 Å². The van der Waals surface area contributed by atoms with Gasteiger partial charge in [0.05, 0.1) is 0 Å². The Morgan fingerprint density at radius 2 is 2.00 bits per heavy atom. The molecular formula is C20H24N6. The molecule has 0 aliphatic carbocycles. The highest BCUT2D eigenvalue weighted by molar-refractivity contribution is 5.56. The molecule has 1 aliphatic rings. The normalized spacial score (nSPS) is 16.5. The minimum Gasteiger partial charge on any atom is -0.370 e. The minimum absolute atomic E-state index is 0.401. The molecule has 6 nitrogen and oxygen atoms in total. The van der Waals surface area contributed by atoms with Crippen molar-refractivity contribution in [2.24, 2.45) is 5.92 Å². The van der Waals surface area contributed by atoms with Gasteiger partial charge >= 0.3 is 0 Å². The van der Waals surface area contributed by atoms with E-state index in [-0.39, 0.29) is 0 Å². The number of benzene rings is 1. The first-order valence-electron chi connectivity index (χ1n) is 9.25. The molecule has 2 aromatic heterocycles. The Kier molecular flexibility index (Phi) is 4.65. The van der Waals surface area contributed by atoms with Gasteiger partial charge in [-0.2, -0.15) is 0 Å². The van der Waals surface area contributed by atoms with Crippen molar-refractivity contribution in [2.75, 3.05) is 11.9 Å². The maximum Gasteiger partial charge on any atom is 0.161 e. The highest BCUT2D eigenvalue weighted by Gasteiger charge is 2.23. The lowest BCUT2D eigenvalue weighted by atomic mass is 9.98. The van der Waals surface area contributed by atoms with Crippen LogP contribution in [0.1, 0.15) is 37.8 Å². The molecule has 1 unspecified atom stereocenters. The summed E-state index contributed by atoms with van der Waals surface area (Å²) < 4.78 is 2.30. The molecule has 6 heteroatoms. The molecule has 3 heterocycles. The van der Waals surface area contributed by atoms with Gasteiger partial charge in [-0.1, -0.05) is 44.2 Å². The molecule has 26 heavy (non-hydrogen) atoms. The fraction of sp³-hybridized carbons (Fsp3) is 0.400. The zero-order chi connectivity index (χ0) is 17.9. The van der Waals surface area contributed by atoms with Crippen LogP contribution in [0.15, 0.2) is 42.6 Å². The van der Waals surface area contributed by atoms with Gasteiger partial charge in [0.2, 0.25) is 0 Å². The molecule has 0 saturated carbocycles. The van der Waals surface area contributed by atoms with E-state index in [4.69, 9.17) is 0 Å². The quantitative estimate of drug-likeness (QED) is 0.764. The maximum atomic E-state index is 4.65. The van der Waals surface area contributed by atoms with Gasteiger partial charge in [-0.25, -0.2) is 9.97 Å². The first-order valence-corrected chi connectivity index (χ1v) is 9.25. The van der Waals surface area contributed by atoms with Crippen LogP contribution in [0.5, 0.6) is 0 Å². The van der Waals surface area contributed by atoms with Crippen molar-refractivity contribution in [3.63, 3.8) is 0 Å². The van der Waals surface area contributed by atoms with Crippen LogP contribution in [0.4, 0.5) is 5.82 Å². The number of aryl methyl sites for hydroxylation is 1. The summed E-state index contributed by atoms with van der Waals surface area (Å²) in [5, 5.41) is 12.2. The first-order chi connectivity index (χ1) is 12.7. The minimum atomic E-state index is 0.401. The molecule has 1 N–H and O–H groups in total. The summed E-state index contributed by atoms with van der Waals surface area (Å²) in [6.45, 7) is 6.20. The van der Waals surface area contributed by atoms with Crippen molar-refractivity contribution in [2.45, 2.75) is 39.2 Å². The molecule has 3 aromatic rings. The summed E-state index contributed by atoms with van der Waals surface area (Å²) in [4.78, 5) is 9.04. The third kappa shape index (κ3) is 3.45. The van der Waals surface area contributed by atoms with Crippen molar-refractivity contribution in [3.05, 3.63) is 54.2 Å². The third-order valence-corrected chi connectivity index (χ3v) is 4.85. The van der Waals surface area contributed by atoms with Crippen LogP contribution in [0, 0.1) is 5.92 Å². The highest BCUT2D eigenvalue weighted by atomic mass is 15.3. The van der Waals surface area contributed by atoms with Gasteiger partial charge in [-0.05, 0) is 18.4 Å². The Hall–Kier alpha value is -2.76. The van der Waals surface area contributed by atoms with Gasteiger partial charge in [0.1, 0.15) is 17.5 Å². The van der Waals surface area contributed by atoms with Crippen molar-refractivity contribution in [1.29, 1.82) is 0 Å². The summed E-state index contributed by atoms with van der Waals surface area (Å²) in [6.07, 6.45) is 3.93.